The summed E-state index contributed by atoms with van der Waals surface area (Å²) in [7, 11) is 5.74. The van der Waals surface area contributed by atoms with Crippen molar-refractivity contribution >= 4 is 33.8 Å². The number of nitrogens with zero attached hydrogens (tertiary/aromatic N) is 4. The highest BCUT2D eigenvalue weighted by atomic mass is 32.1. The first-order chi connectivity index (χ1) is 17.0. The lowest BCUT2D eigenvalue weighted by atomic mass is 9.96. The number of fused-ring (bicyclic) bond motifs is 1. The number of H-pyrrole nitrogens is 1. The third-order valence-corrected chi connectivity index (χ3v) is 6.51. The van der Waals surface area contributed by atoms with E-state index in [1.165, 1.54) is 0 Å². The van der Waals surface area contributed by atoms with Crippen molar-refractivity contribution in [3.05, 3.63) is 89.0 Å². The molecule has 176 valence electrons. The topological polar surface area (TPSA) is 69.7 Å². The Hall–Kier alpha value is -3.88. The second-order valence-corrected chi connectivity index (χ2v) is 9.33. The van der Waals surface area contributed by atoms with Crippen LogP contribution in [0.5, 0.6) is 0 Å². The quantitative estimate of drug-likeness (QED) is 0.294. The normalized spacial score (nSPS) is 11.3. The first-order valence-corrected chi connectivity index (χ1v) is 12.1. The average molecular weight is 485 g/mol. The van der Waals surface area contributed by atoms with Gasteiger partial charge < -0.3 is 15.2 Å². The molecule has 8 heteroatoms. The Morgan fingerprint density at radius 2 is 2.00 bits per heavy atom. The van der Waals surface area contributed by atoms with Gasteiger partial charge in [0.1, 0.15) is 11.6 Å². The summed E-state index contributed by atoms with van der Waals surface area (Å²) in [6.45, 7) is 4.94. The van der Waals surface area contributed by atoms with Gasteiger partial charge in [-0.2, -0.15) is 11.3 Å². The number of aromatic nitrogens is 4. The fourth-order valence-electron chi connectivity index (χ4n) is 4.22. The van der Waals surface area contributed by atoms with Crippen LogP contribution in [0.25, 0.3) is 39.0 Å². The van der Waals surface area contributed by atoms with Crippen molar-refractivity contribution in [3.63, 3.8) is 0 Å². The van der Waals surface area contributed by atoms with Gasteiger partial charge in [-0.3, -0.25) is 4.98 Å². The van der Waals surface area contributed by atoms with Gasteiger partial charge in [-0.05, 0) is 66.3 Å². The fourth-order valence-corrected chi connectivity index (χ4v) is 4.88. The van der Waals surface area contributed by atoms with Gasteiger partial charge in [0.05, 0.1) is 5.52 Å². The van der Waals surface area contributed by atoms with Crippen molar-refractivity contribution in [3.8, 4) is 22.3 Å². The molecule has 0 saturated carbocycles. The smallest absolute Gasteiger partial charge is 0.178 e. The number of thiophene rings is 1. The van der Waals surface area contributed by atoms with Crippen molar-refractivity contribution in [2.75, 3.05) is 26.5 Å². The second-order valence-electron chi connectivity index (χ2n) is 8.55. The standard InChI is InChI=1S/C27H25FN6S/c1-16(26-32-25-21(18-8-10-35-15-18)7-9-31-27(25)33-26)23-22(29-2)6-5-20(24(23)28)19-11-17(12-30-13-19)14-34(3)4/h5-13,15,29H,1,14H2,2-4H3,(H,31,32,33). The van der Waals surface area contributed by atoms with E-state index < -0.39 is 0 Å². The second kappa shape index (κ2) is 9.40. The summed E-state index contributed by atoms with van der Waals surface area (Å²) in [6, 6.07) is 9.59. The Morgan fingerprint density at radius 3 is 2.74 bits per heavy atom. The van der Waals surface area contributed by atoms with Crippen LogP contribution in [0, 0.1) is 5.82 Å². The van der Waals surface area contributed by atoms with Gasteiger partial charge in [0.2, 0.25) is 0 Å². The molecule has 4 heterocycles. The number of aromatic amines is 1. The first kappa shape index (κ1) is 22.9. The molecule has 0 unspecified atom stereocenters. The van der Waals surface area contributed by atoms with Crippen LogP contribution in [0.3, 0.4) is 0 Å². The average Bonchev–Trinajstić information content (AvgIpc) is 3.53. The van der Waals surface area contributed by atoms with Crippen molar-refractivity contribution in [1.29, 1.82) is 0 Å². The van der Waals surface area contributed by atoms with Crippen molar-refractivity contribution in [1.82, 2.24) is 24.8 Å². The van der Waals surface area contributed by atoms with E-state index in [0.717, 1.165) is 28.8 Å². The zero-order valence-corrected chi connectivity index (χ0v) is 20.6. The third-order valence-electron chi connectivity index (χ3n) is 5.83. The molecule has 5 rings (SSSR count). The molecule has 0 aliphatic carbocycles. The summed E-state index contributed by atoms with van der Waals surface area (Å²) in [5, 5.41) is 7.19. The Bertz CT molecular complexity index is 1520. The minimum atomic E-state index is -0.378. The minimum Gasteiger partial charge on any atom is -0.388 e. The Labute approximate surface area is 207 Å². The highest BCUT2D eigenvalue weighted by molar-refractivity contribution is 7.08. The van der Waals surface area contributed by atoms with Crippen LogP contribution in [0.15, 0.2) is 66.3 Å². The molecule has 0 aliphatic rings. The van der Waals surface area contributed by atoms with E-state index in [9.17, 15) is 0 Å². The molecular weight excluding hydrogens is 459 g/mol. The molecule has 1 aromatic carbocycles. The summed E-state index contributed by atoms with van der Waals surface area (Å²) in [5.74, 6) is 0.0966. The molecule has 0 atom stereocenters. The molecule has 0 radical (unpaired) electrons. The summed E-state index contributed by atoms with van der Waals surface area (Å²) < 4.78 is 16.1. The summed E-state index contributed by atoms with van der Waals surface area (Å²) >= 11 is 1.63. The Morgan fingerprint density at radius 1 is 1.14 bits per heavy atom. The Kier molecular flexibility index (Phi) is 6.15. The number of imidazole rings is 1. The van der Waals surface area contributed by atoms with E-state index in [1.807, 2.05) is 37.7 Å². The van der Waals surface area contributed by atoms with Gasteiger partial charge >= 0.3 is 0 Å². The highest BCUT2D eigenvalue weighted by Crippen LogP contribution is 2.37. The number of halogens is 1. The lowest BCUT2D eigenvalue weighted by Gasteiger charge is -2.16. The van der Waals surface area contributed by atoms with Gasteiger partial charge in [-0.25, -0.2) is 14.4 Å². The Balaban J connectivity index is 1.60. The number of anilines is 1. The fraction of sp³-hybridized carbons (Fsp3) is 0.148. The van der Waals surface area contributed by atoms with E-state index in [4.69, 9.17) is 0 Å². The van der Waals surface area contributed by atoms with Gasteiger partial charge in [0.25, 0.3) is 0 Å². The first-order valence-electron chi connectivity index (χ1n) is 11.1. The van der Waals surface area contributed by atoms with Crippen LogP contribution in [-0.4, -0.2) is 46.0 Å². The molecule has 0 aliphatic heterocycles. The molecule has 0 saturated heterocycles. The number of rotatable bonds is 7. The van der Waals surface area contributed by atoms with Gasteiger partial charge in [-0.15, -0.1) is 0 Å². The van der Waals surface area contributed by atoms with Crippen LogP contribution < -0.4 is 5.32 Å². The van der Waals surface area contributed by atoms with Gasteiger partial charge in [-0.1, -0.05) is 6.58 Å². The van der Waals surface area contributed by atoms with E-state index in [2.05, 4.69) is 48.2 Å². The lowest BCUT2D eigenvalue weighted by molar-refractivity contribution is 0.402. The van der Waals surface area contributed by atoms with E-state index in [-0.39, 0.29) is 5.82 Å². The maximum absolute atomic E-state index is 16.1. The van der Waals surface area contributed by atoms with Gasteiger partial charge in [0.15, 0.2) is 5.65 Å². The summed E-state index contributed by atoms with van der Waals surface area (Å²) in [5.41, 5.74) is 7.05. The van der Waals surface area contributed by atoms with Gasteiger partial charge in [0, 0.05) is 65.7 Å². The molecule has 4 aromatic heterocycles. The number of hydrogen-bond donors (Lipinski definition) is 2. The summed E-state index contributed by atoms with van der Waals surface area (Å²) in [4.78, 5) is 18.8. The monoisotopic (exact) mass is 484 g/mol. The van der Waals surface area contributed by atoms with Crippen LogP contribution in [0.2, 0.25) is 0 Å². The van der Waals surface area contributed by atoms with Crippen LogP contribution in [0.1, 0.15) is 17.0 Å². The van der Waals surface area contributed by atoms with Crippen LogP contribution in [0.4, 0.5) is 10.1 Å². The predicted octanol–water partition coefficient (Wildman–Crippen LogP) is 6.05. The molecule has 0 spiro atoms. The zero-order valence-electron chi connectivity index (χ0n) is 19.8. The lowest BCUT2D eigenvalue weighted by Crippen LogP contribution is -2.10. The number of pyridine rings is 2. The van der Waals surface area contributed by atoms with Crippen molar-refractivity contribution in [2.24, 2.45) is 0 Å². The summed E-state index contributed by atoms with van der Waals surface area (Å²) in [6.07, 6.45) is 5.22. The van der Waals surface area contributed by atoms with E-state index in [0.29, 0.717) is 39.4 Å². The molecule has 2 N–H and O–H groups in total. The maximum Gasteiger partial charge on any atom is 0.178 e. The zero-order chi connectivity index (χ0) is 24.5. The minimum absolute atomic E-state index is 0.360. The molecule has 6 nitrogen and oxygen atoms in total. The van der Waals surface area contributed by atoms with Crippen molar-refractivity contribution in [2.45, 2.75) is 6.54 Å². The van der Waals surface area contributed by atoms with E-state index >= 15 is 4.39 Å². The molecule has 35 heavy (non-hydrogen) atoms. The maximum atomic E-state index is 16.1. The van der Waals surface area contributed by atoms with E-state index in [1.54, 1.807) is 43.0 Å². The van der Waals surface area contributed by atoms with Crippen molar-refractivity contribution < 1.29 is 4.39 Å². The molecular formula is C27H25FN6S. The number of nitrogens with one attached hydrogen (secondary N) is 2. The van der Waals surface area contributed by atoms with Crippen LogP contribution in [-0.2, 0) is 6.54 Å². The number of hydrogen-bond acceptors (Lipinski definition) is 6. The highest BCUT2D eigenvalue weighted by Gasteiger charge is 2.21. The molecule has 0 amide bonds. The van der Waals surface area contributed by atoms with Crippen LogP contribution >= 0.6 is 11.3 Å². The third kappa shape index (κ3) is 4.34. The molecule has 0 bridgehead atoms. The predicted molar refractivity (Wildman–Crippen MR) is 142 cm³/mol. The molecule has 5 aromatic rings. The number of benzene rings is 1. The largest absolute Gasteiger partial charge is 0.388 e. The SMILES string of the molecule is C=C(c1nc2nccc(-c3ccsc3)c2[nH]1)c1c(NC)ccc(-c2cncc(CN(C)C)c2)c1F. The molecule has 0 fully saturated rings.